The Morgan fingerprint density at radius 1 is 1.03 bits per heavy atom. The number of hydrogen-bond acceptors (Lipinski definition) is 4. The molecule has 8 heteroatoms. The van der Waals surface area contributed by atoms with Crippen LogP contribution >= 0.6 is 0 Å². The van der Waals surface area contributed by atoms with Crippen LogP contribution in [0.5, 0.6) is 0 Å². The summed E-state index contributed by atoms with van der Waals surface area (Å²) in [6.45, 7) is 3.89. The Kier molecular flexibility index (Phi) is 6.31. The maximum absolute atomic E-state index is 13.1. The molecule has 0 spiro atoms. The number of imidazole rings is 1. The fourth-order valence-corrected chi connectivity index (χ4v) is 4.65. The van der Waals surface area contributed by atoms with E-state index in [9.17, 15) is 13.2 Å². The molecule has 0 aliphatic rings. The molecule has 0 aliphatic carbocycles. The van der Waals surface area contributed by atoms with Gasteiger partial charge in [0.05, 0.1) is 22.5 Å². The predicted molar refractivity (Wildman–Crippen MR) is 131 cm³/mol. The molecule has 0 atom stereocenters. The third kappa shape index (κ3) is 4.97. The smallest absolute Gasteiger partial charge is 0.243 e. The van der Waals surface area contributed by atoms with E-state index in [2.05, 4.69) is 29.1 Å². The molecule has 33 heavy (non-hydrogen) atoms. The van der Waals surface area contributed by atoms with E-state index in [1.54, 1.807) is 12.1 Å². The van der Waals surface area contributed by atoms with Gasteiger partial charge < -0.3 is 10.3 Å². The Hall–Kier alpha value is -3.49. The summed E-state index contributed by atoms with van der Waals surface area (Å²) in [5.74, 6) is 0.644. The summed E-state index contributed by atoms with van der Waals surface area (Å²) in [7, 11) is -2.47. The van der Waals surface area contributed by atoms with Gasteiger partial charge in [-0.1, -0.05) is 56.3 Å². The molecule has 0 unspecified atom stereocenters. The maximum Gasteiger partial charge on any atom is 0.243 e. The van der Waals surface area contributed by atoms with Crippen LogP contribution in [0.15, 0.2) is 77.7 Å². The highest BCUT2D eigenvalue weighted by atomic mass is 32.2. The van der Waals surface area contributed by atoms with Crippen LogP contribution in [-0.2, 0) is 14.8 Å². The number of aromatic amines is 1. The fourth-order valence-electron chi connectivity index (χ4n) is 3.50. The molecule has 1 heterocycles. The van der Waals surface area contributed by atoms with Gasteiger partial charge in [0.1, 0.15) is 5.82 Å². The zero-order valence-electron chi connectivity index (χ0n) is 18.7. The lowest BCUT2D eigenvalue weighted by molar-refractivity contribution is -0.116. The Morgan fingerprint density at radius 3 is 2.39 bits per heavy atom. The Balaban J connectivity index is 1.49. The molecule has 3 aromatic carbocycles. The maximum atomic E-state index is 13.1. The van der Waals surface area contributed by atoms with Crippen molar-refractivity contribution >= 4 is 32.7 Å². The first-order valence-corrected chi connectivity index (χ1v) is 12.1. The third-order valence-corrected chi connectivity index (χ3v) is 7.24. The van der Waals surface area contributed by atoms with Crippen molar-refractivity contribution in [1.82, 2.24) is 14.3 Å². The Bertz CT molecular complexity index is 1380. The van der Waals surface area contributed by atoms with Crippen LogP contribution in [0.3, 0.4) is 0 Å². The topological polar surface area (TPSA) is 95.2 Å². The summed E-state index contributed by atoms with van der Waals surface area (Å²) in [5, 5.41) is 2.75. The molecule has 4 aromatic rings. The number of hydrogen-bond donors (Lipinski definition) is 2. The molecular formula is C25H26N4O3S. The van der Waals surface area contributed by atoms with E-state index in [0.29, 0.717) is 28.5 Å². The second kappa shape index (κ2) is 9.17. The van der Waals surface area contributed by atoms with Gasteiger partial charge in [0.15, 0.2) is 0 Å². The van der Waals surface area contributed by atoms with Crippen LogP contribution in [0, 0.1) is 0 Å². The second-order valence-corrected chi connectivity index (χ2v) is 10.3. The van der Waals surface area contributed by atoms with E-state index in [1.807, 2.05) is 54.6 Å². The summed E-state index contributed by atoms with van der Waals surface area (Å²) in [4.78, 5) is 20.3. The standard InChI is InChI=1S/C25H26N4O3S/c1-17(2)18-9-11-20(12-10-18)26-24(30)16-29(3)33(31,32)21-13-14-22-23(15-21)28-25(27-22)19-7-5-4-6-8-19/h4-15,17H,16H2,1-3H3,(H,26,30)(H,27,28). The van der Waals surface area contributed by atoms with Crippen molar-refractivity contribution in [3.63, 3.8) is 0 Å². The van der Waals surface area contributed by atoms with E-state index >= 15 is 0 Å². The van der Waals surface area contributed by atoms with Gasteiger partial charge in [-0.2, -0.15) is 4.31 Å². The number of carbonyl (C=O) groups excluding carboxylic acids is 1. The summed E-state index contributed by atoms with van der Waals surface area (Å²) < 4.78 is 27.2. The van der Waals surface area contributed by atoms with Crippen molar-refractivity contribution in [3.8, 4) is 11.4 Å². The second-order valence-electron chi connectivity index (χ2n) is 8.22. The average molecular weight is 463 g/mol. The number of sulfonamides is 1. The van der Waals surface area contributed by atoms with Gasteiger partial charge in [-0.25, -0.2) is 13.4 Å². The van der Waals surface area contributed by atoms with Crippen LogP contribution in [0.2, 0.25) is 0 Å². The molecule has 2 N–H and O–H groups in total. The van der Waals surface area contributed by atoms with Crippen LogP contribution in [0.25, 0.3) is 22.4 Å². The van der Waals surface area contributed by atoms with Crippen LogP contribution < -0.4 is 5.32 Å². The van der Waals surface area contributed by atoms with E-state index in [-0.39, 0.29) is 11.4 Å². The molecule has 170 valence electrons. The molecule has 7 nitrogen and oxygen atoms in total. The number of carbonyl (C=O) groups is 1. The summed E-state index contributed by atoms with van der Waals surface area (Å²) in [6, 6.07) is 21.9. The summed E-state index contributed by atoms with van der Waals surface area (Å²) >= 11 is 0. The van der Waals surface area contributed by atoms with Gasteiger partial charge in [-0.05, 0) is 41.8 Å². The number of aromatic nitrogens is 2. The first-order valence-electron chi connectivity index (χ1n) is 10.7. The van der Waals surface area contributed by atoms with Crippen molar-refractivity contribution in [2.75, 3.05) is 18.9 Å². The zero-order chi connectivity index (χ0) is 23.6. The quantitative estimate of drug-likeness (QED) is 0.419. The normalized spacial score (nSPS) is 11.9. The van der Waals surface area contributed by atoms with Crippen molar-refractivity contribution < 1.29 is 13.2 Å². The van der Waals surface area contributed by atoms with E-state index < -0.39 is 15.9 Å². The lowest BCUT2D eigenvalue weighted by atomic mass is 10.0. The van der Waals surface area contributed by atoms with Crippen molar-refractivity contribution in [3.05, 3.63) is 78.4 Å². The molecule has 1 amide bonds. The van der Waals surface area contributed by atoms with Crippen molar-refractivity contribution in [2.45, 2.75) is 24.7 Å². The van der Waals surface area contributed by atoms with Crippen molar-refractivity contribution in [1.29, 1.82) is 0 Å². The lowest BCUT2D eigenvalue weighted by Crippen LogP contribution is -2.34. The predicted octanol–water partition coefficient (Wildman–Crippen LogP) is 4.61. The van der Waals surface area contributed by atoms with Gasteiger partial charge in [-0.3, -0.25) is 4.79 Å². The molecule has 0 radical (unpaired) electrons. The number of rotatable bonds is 7. The number of amides is 1. The largest absolute Gasteiger partial charge is 0.338 e. The van der Waals surface area contributed by atoms with Gasteiger partial charge in [0.2, 0.25) is 15.9 Å². The molecule has 1 aromatic heterocycles. The monoisotopic (exact) mass is 462 g/mol. The molecule has 0 saturated heterocycles. The Morgan fingerprint density at radius 2 is 1.73 bits per heavy atom. The van der Waals surface area contributed by atoms with Crippen molar-refractivity contribution in [2.24, 2.45) is 0 Å². The zero-order valence-corrected chi connectivity index (χ0v) is 19.6. The first-order chi connectivity index (χ1) is 15.7. The molecule has 0 fully saturated rings. The molecule has 4 rings (SSSR count). The van der Waals surface area contributed by atoms with Gasteiger partial charge in [0, 0.05) is 18.3 Å². The van der Waals surface area contributed by atoms with E-state index in [0.717, 1.165) is 15.4 Å². The number of fused-ring (bicyclic) bond motifs is 1. The number of anilines is 1. The fraction of sp³-hybridized carbons (Fsp3) is 0.200. The summed E-state index contributed by atoms with van der Waals surface area (Å²) in [5.41, 5.74) is 3.98. The number of nitrogens with zero attached hydrogens (tertiary/aromatic N) is 2. The SMILES string of the molecule is CC(C)c1ccc(NC(=O)CN(C)S(=O)(=O)c2ccc3nc(-c4ccccc4)[nH]c3c2)cc1. The highest BCUT2D eigenvalue weighted by molar-refractivity contribution is 7.89. The van der Waals surface area contributed by atoms with E-state index in [4.69, 9.17) is 0 Å². The number of H-pyrrole nitrogens is 1. The van der Waals surface area contributed by atoms with E-state index in [1.165, 1.54) is 13.1 Å². The number of benzene rings is 3. The minimum atomic E-state index is -3.87. The van der Waals surface area contributed by atoms with Gasteiger partial charge in [0.25, 0.3) is 0 Å². The molecule has 0 saturated carbocycles. The van der Waals surface area contributed by atoms with Crippen LogP contribution in [-0.4, -0.2) is 42.2 Å². The van der Waals surface area contributed by atoms with Gasteiger partial charge >= 0.3 is 0 Å². The first kappa shape index (κ1) is 22.7. The Labute approximate surface area is 193 Å². The lowest BCUT2D eigenvalue weighted by Gasteiger charge is -2.17. The molecule has 0 aliphatic heterocycles. The van der Waals surface area contributed by atoms with Gasteiger partial charge in [-0.15, -0.1) is 0 Å². The van der Waals surface area contributed by atoms with Crippen LogP contribution in [0.1, 0.15) is 25.3 Å². The minimum Gasteiger partial charge on any atom is -0.338 e. The average Bonchev–Trinajstić information content (AvgIpc) is 3.23. The summed E-state index contributed by atoms with van der Waals surface area (Å²) in [6.07, 6.45) is 0. The minimum absolute atomic E-state index is 0.0925. The highest BCUT2D eigenvalue weighted by Crippen LogP contribution is 2.24. The molecular weight excluding hydrogens is 436 g/mol. The third-order valence-electron chi connectivity index (χ3n) is 5.44. The number of likely N-dealkylation sites (N-methyl/N-ethyl adjacent to an activating group) is 1. The van der Waals surface area contributed by atoms with Crippen LogP contribution in [0.4, 0.5) is 5.69 Å². The molecule has 0 bridgehead atoms. The highest BCUT2D eigenvalue weighted by Gasteiger charge is 2.24. The number of nitrogens with one attached hydrogen (secondary N) is 2.